The number of hydrogen-bond donors (Lipinski definition) is 1. The van der Waals surface area contributed by atoms with Gasteiger partial charge < -0.3 is 15.3 Å². The van der Waals surface area contributed by atoms with Gasteiger partial charge in [0.2, 0.25) is 5.91 Å². The molecular formula is C16H21N3O8. The van der Waals surface area contributed by atoms with Crippen LogP contribution in [-0.4, -0.2) is 65.2 Å². The van der Waals surface area contributed by atoms with Gasteiger partial charge in [-0.25, -0.2) is 4.79 Å². The van der Waals surface area contributed by atoms with Crippen LogP contribution >= 0.6 is 0 Å². The second-order valence-electron chi connectivity index (χ2n) is 5.37. The molecule has 0 atom stereocenters. The molecule has 0 saturated carbocycles. The first-order valence-electron chi connectivity index (χ1n) is 8.22. The van der Waals surface area contributed by atoms with Crippen LogP contribution in [0.5, 0.6) is 0 Å². The molecule has 2 heterocycles. The first kappa shape index (κ1) is 22.0. The number of hydrogen-bond acceptors (Lipinski definition) is 8. The number of nitrogens with zero attached hydrogens (tertiary/aromatic N) is 2. The second kappa shape index (κ2) is 10.8. The summed E-state index contributed by atoms with van der Waals surface area (Å²) in [6, 6.07) is 0. The average molecular weight is 383 g/mol. The van der Waals surface area contributed by atoms with Gasteiger partial charge in [-0.3, -0.25) is 28.9 Å². The molecule has 0 aliphatic carbocycles. The lowest BCUT2D eigenvalue weighted by Gasteiger charge is -2.12. The topological polar surface area (TPSA) is 153 Å². The lowest BCUT2D eigenvalue weighted by atomic mass is 10.4. The predicted octanol–water partition coefficient (Wildman–Crippen LogP) is -1.19. The summed E-state index contributed by atoms with van der Waals surface area (Å²) in [6.45, 7) is 2.61. The molecule has 27 heavy (non-hydrogen) atoms. The number of hydroxylamine groups is 2. The van der Waals surface area contributed by atoms with E-state index in [9.17, 15) is 28.8 Å². The molecule has 0 radical (unpaired) electrons. The second-order valence-corrected chi connectivity index (χ2v) is 5.37. The lowest BCUT2D eigenvalue weighted by Crippen LogP contribution is -2.33. The van der Waals surface area contributed by atoms with Crippen molar-refractivity contribution in [3.63, 3.8) is 0 Å². The molecule has 5 amide bonds. The Balaban J connectivity index is 0.000000277. The first-order chi connectivity index (χ1) is 12.8. The zero-order valence-electron chi connectivity index (χ0n) is 14.8. The highest BCUT2D eigenvalue weighted by Gasteiger charge is 2.32. The van der Waals surface area contributed by atoms with Crippen molar-refractivity contribution in [1.82, 2.24) is 9.96 Å². The van der Waals surface area contributed by atoms with Crippen LogP contribution < -0.4 is 5.73 Å². The van der Waals surface area contributed by atoms with Crippen molar-refractivity contribution < 1.29 is 38.3 Å². The third-order valence-electron chi connectivity index (χ3n) is 3.34. The zero-order valence-corrected chi connectivity index (χ0v) is 14.8. The molecule has 0 bridgehead atoms. The Morgan fingerprint density at radius 1 is 1.04 bits per heavy atom. The maximum Gasteiger partial charge on any atom is 0.335 e. The molecule has 2 N–H and O–H groups in total. The summed E-state index contributed by atoms with van der Waals surface area (Å²) < 4.78 is 4.93. The smallest absolute Gasteiger partial charge is 0.335 e. The molecule has 1 saturated heterocycles. The summed E-state index contributed by atoms with van der Waals surface area (Å²) in [7, 11) is 0. The Hall–Kier alpha value is -3.08. The summed E-state index contributed by atoms with van der Waals surface area (Å²) in [5, 5.41) is 0.536. The van der Waals surface area contributed by atoms with E-state index in [2.05, 4.69) is 4.84 Å². The van der Waals surface area contributed by atoms with Gasteiger partial charge >= 0.3 is 5.97 Å². The van der Waals surface area contributed by atoms with E-state index >= 15 is 0 Å². The third-order valence-corrected chi connectivity index (χ3v) is 3.34. The van der Waals surface area contributed by atoms with E-state index in [0.717, 1.165) is 4.90 Å². The highest BCUT2D eigenvalue weighted by atomic mass is 16.7. The van der Waals surface area contributed by atoms with E-state index < -0.39 is 23.7 Å². The van der Waals surface area contributed by atoms with E-state index in [-0.39, 0.29) is 50.6 Å². The Morgan fingerprint density at radius 2 is 1.59 bits per heavy atom. The quantitative estimate of drug-likeness (QED) is 0.405. The molecule has 2 aliphatic rings. The predicted molar refractivity (Wildman–Crippen MR) is 88.0 cm³/mol. The van der Waals surface area contributed by atoms with Crippen LogP contribution in [0.1, 0.15) is 32.6 Å². The average Bonchev–Trinajstić information content (AvgIpc) is 3.10. The fourth-order valence-electron chi connectivity index (χ4n) is 1.98. The molecule has 0 aromatic heterocycles. The van der Waals surface area contributed by atoms with Crippen molar-refractivity contribution in [3.05, 3.63) is 12.2 Å². The zero-order chi connectivity index (χ0) is 20.4. The summed E-state index contributed by atoms with van der Waals surface area (Å²) in [4.78, 5) is 70.8. The van der Waals surface area contributed by atoms with E-state index in [1.54, 1.807) is 6.92 Å². The molecule has 1 fully saturated rings. The Kier molecular flexibility index (Phi) is 8.79. The maximum atomic E-state index is 11.1. The monoisotopic (exact) mass is 383 g/mol. The third kappa shape index (κ3) is 7.36. The standard InChI is InChI=1S/C9H13NO5.C7H8N2O3/c1-2-14-6-5-9(13)15-10-7(11)3-4-8(10)12;8-5(10)3-4-9-6(11)1-2-7(9)12/h2-6H2,1H3;1-2H,3-4H2,(H2,8,10). The number of carbonyl (C=O) groups is 6. The van der Waals surface area contributed by atoms with Gasteiger partial charge in [0, 0.05) is 44.6 Å². The van der Waals surface area contributed by atoms with Crippen LogP contribution in [0.2, 0.25) is 0 Å². The van der Waals surface area contributed by atoms with Gasteiger partial charge in [-0.2, -0.15) is 0 Å². The van der Waals surface area contributed by atoms with Gasteiger partial charge in [0.25, 0.3) is 23.6 Å². The van der Waals surface area contributed by atoms with Gasteiger partial charge in [-0.15, -0.1) is 5.06 Å². The summed E-state index contributed by atoms with van der Waals surface area (Å²) in [5.74, 6) is -2.87. The molecule has 2 aliphatic heterocycles. The Morgan fingerprint density at radius 3 is 2.07 bits per heavy atom. The van der Waals surface area contributed by atoms with Crippen molar-refractivity contribution in [1.29, 1.82) is 0 Å². The van der Waals surface area contributed by atoms with Crippen molar-refractivity contribution >= 4 is 35.5 Å². The van der Waals surface area contributed by atoms with Crippen LogP contribution in [0, 0.1) is 0 Å². The molecule has 0 spiro atoms. The SMILES string of the molecule is CCOCCC(=O)ON1C(=O)CCC1=O.NC(=O)CCN1C(=O)C=CC1=O. The van der Waals surface area contributed by atoms with Crippen molar-refractivity contribution in [2.45, 2.75) is 32.6 Å². The van der Waals surface area contributed by atoms with Gasteiger partial charge in [-0.1, -0.05) is 0 Å². The minimum absolute atomic E-state index is 0.0131. The van der Waals surface area contributed by atoms with Crippen molar-refractivity contribution in [2.24, 2.45) is 5.73 Å². The van der Waals surface area contributed by atoms with Gasteiger partial charge in [0.05, 0.1) is 13.0 Å². The Bertz CT molecular complexity index is 624. The number of carbonyl (C=O) groups excluding carboxylic acids is 6. The van der Waals surface area contributed by atoms with Gasteiger partial charge in [0.1, 0.15) is 0 Å². The van der Waals surface area contributed by atoms with Crippen LogP contribution in [0.25, 0.3) is 0 Å². The largest absolute Gasteiger partial charge is 0.381 e. The molecular weight excluding hydrogens is 362 g/mol. The van der Waals surface area contributed by atoms with Crippen LogP contribution in [0.3, 0.4) is 0 Å². The fourth-order valence-corrected chi connectivity index (χ4v) is 1.98. The highest BCUT2D eigenvalue weighted by Crippen LogP contribution is 2.12. The van der Waals surface area contributed by atoms with Gasteiger partial charge in [-0.05, 0) is 6.92 Å². The van der Waals surface area contributed by atoms with Crippen molar-refractivity contribution in [3.8, 4) is 0 Å². The highest BCUT2D eigenvalue weighted by molar-refractivity contribution is 6.13. The number of primary amides is 1. The van der Waals surface area contributed by atoms with Crippen molar-refractivity contribution in [2.75, 3.05) is 19.8 Å². The summed E-state index contributed by atoms with van der Waals surface area (Å²) in [6.07, 6.45) is 2.60. The van der Waals surface area contributed by atoms with E-state index in [0.29, 0.717) is 11.7 Å². The number of imide groups is 2. The van der Waals surface area contributed by atoms with E-state index in [1.807, 2.05) is 0 Å². The number of nitrogens with two attached hydrogens (primary N) is 1. The number of ether oxygens (including phenoxy) is 1. The fraction of sp³-hybridized carbons (Fsp3) is 0.500. The number of rotatable bonds is 8. The van der Waals surface area contributed by atoms with Crippen LogP contribution in [0.15, 0.2) is 12.2 Å². The lowest BCUT2D eigenvalue weighted by molar-refractivity contribution is -0.198. The first-order valence-corrected chi connectivity index (χ1v) is 8.22. The molecule has 0 aromatic rings. The van der Waals surface area contributed by atoms with E-state index in [4.69, 9.17) is 10.5 Å². The molecule has 148 valence electrons. The molecule has 11 heteroatoms. The normalized spacial score (nSPS) is 15.9. The molecule has 2 rings (SSSR count). The number of amides is 5. The van der Waals surface area contributed by atoms with E-state index in [1.165, 1.54) is 12.2 Å². The molecule has 0 aromatic carbocycles. The maximum absolute atomic E-state index is 11.1. The minimum atomic E-state index is -0.632. The van der Waals surface area contributed by atoms with Crippen LogP contribution in [0.4, 0.5) is 0 Å². The summed E-state index contributed by atoms with van der Waals surface area (Å²) >= 11 is 0. The summed E-state index contributed by atoms with van der Waals surface area (Å²) in [5.41, 5.74) is 4.85. The Labute approximate surface area is 155 Å². The molecule has 0 unspecified atom stereocenters. The minimum Gasteiger partial charge on any atom is -0.381 e. The molecule has 11 nitrogen and oxygen atoms in total. The van der Waals surface area contributed by atoms with Crippen LogP contribution in [-0.2, 0) is 38.3 Å². The van der Waals surface area contributed by atoms with Gasteiger partial charge in [0.15, 0.2) is 0 Å².